The zero-order valence-electron chi connectivity index (χ0n) is 13.9. The minimum absolute atomic E-state index is 0.0692. The van der Waals surface area contributed by atoms with Crippen LogP contribution in [0.2, 0.25) is 5.02 Å². The van der Waals surface area contributed by atoms with Crippen LogP contribution in [0.3, 0.4) is 0 Å². The molecule has 0 aliphatic heterocycles. The topological polar surface area (TPSA) is 125 Å². The van der Waals surface area contributed by atoms with E-state index in [9.17, 15) is 24.5 Å². The largest absolute Gasteiger partial charge is 0.497 e. The molecule has 0 fully saturated rings. The maximum atomic E-state index is 12.0. The Labute approximate surface area is 158 Å². The third kappa shape index (κ3) is 5.25. The molecule has 9 nitrogen and oxygen atoms in total. The van der Waals surface area contributed by atoms with Crippen LogP contribution in [-0.2, 0) is 9.53 Å². The molecule has 0 aliphatic rings. The van der Waals surface area contributed by atoms with Gasteiger partial charge in [0.2, 0.25) is 0 Å². The highest BCUT2D eigenvalue weighted by Gasteiger charge is 2.19. The Morgan fingerprint density at radius 1 is 1.15 bits per heavy atom. The second-order valence-electron chi connectivity index (χ2n) is 5.10. The van der Waals surface area contributed by atoms with Crippen LogP contribution in [0.15, 0.2) is 42.5 Å². The molecule has 0 aromatic heterocycles. The van der Waals surface area contributed by atoms with Crippen molar-refractivity contribution in [2.24, 2.45) is 0 Å². The van der Waals surface area contributed by atoms with Crippen LogP contribution >= 0.6 is 11.6 Å². The Morgan fingerprint density at radius 2 is 1.81 bits per heavy atom. The number of nitrogens with zero attached hydrogens (tertiary/aromatic N) is 1. The number of esters is 1. The predicted octanol–water partition coefficient (Wildman–Crippen LogP) is 2.37. The molecule has 0 unspecified atom stereocenters. The van der Waals surface area contributed by atoms with Crippen molar-refractivity contribution in [3.8, 4) is 5.75 Å². The van der Waals surface area contributed by atoms with Crippen LogP contribution in [0, 0.1) is 10.1 Å². The molecule has 2 aromatic carbocycles. The van der Waals surface area contributed by atoms with Crippen LogP contribution in [0.4, 0.5) is 5.69 Å². The standard InChI is InChI=1S/C17H13ClN2O7/c1-26-12-5-2-10(3-6-12)16(22)19-15(21)9-27-17(23)13-8-11(20(24)25)4-7-14(13)18/h2-8H,9H2,1H3,(H,19,21,22). The molecule has 0 spiro atoms. The van der Waals surface area contributed by atoms with Gasteiger partial charge in [-0.05, 0) is 30.3 Å². The lowest BCUT2D eigenvalue weighted by Crippen LogP contribution is -2.34. The Balaban J connectivity index is 1.94. The van der Waals surface area contributed by atoms with E-state index in [2.05, 4.69) is 0 Å². The average molecular weight is 393 g/mol. The number of methoxy groups -OCH3 is 1. The van der Waals surface area contributed by atoms with Crippen LogP contribution in [-0.4, -0.2) is 36.4 Å². The van der Waals surface area contributed by atoms with Gasteiger partial charge in [0.1, 0.15) is 5.75 Å². The second kappa shape index (κ2) is 8.77. The molecule has 0 atom stereocenters. The van der Waals surface area contributed by atoms with Gasteiger partial charge < -0.3 is 9.47 Å². The highest BCUT2D eigenvalue weighted by molar-refractivity contribution is 6.33. The van der Waals surface area contributed by atoms with E-state index in [1.54, 1.807) is 12.1 Å². The smallest absolute Gasteiger partial charge is 0.340 e. The molecule has 0 aliphatic carbocycles. The van der Waals surface area contributed by atoms with Crippen molar-refractivity contribution in [3.63, 3.8) is 0 Å². The first kappa shape index (κ1) is 19.9. The van der Waals surface area contributed by atoms with Gasteiger partial charge in [-0.15, -0.1) is 0 Å². The van der Waals surface area contributed by atoms with Gasteiger partial charge in [-0.2, -0.15) is 0 Å². The first-order valence-electron chi connectivity index (χ1n) is 7.41. The quantitative estimate of drug-likeness (QED) is 0.454. The van der Waals surface area contributed by atoms with Crippen molar-refractivity contribution in [3.05, 3.63) is 68.7 Å². The second-order valence-corrected chi connectivity index (χ2v) is 5.51. The summed E-state index contributed by atoms with van der Waals surface area (Å²) in [5, 5.41) is 12.7. The number of ether oxygens (including phenoxy) is 2. The van der Waals surface area contributed by atoms with Crippen molar-refractivity contribution < 1.29 is 28.8 Å². The molecule has 0 saturated carbocycles. The number of rotatable bonds is 6. The van der Waals surface area contributed by atoms with Gasteiger partial charge in [-0.1, -0.05) is 11.6 Å². The zero-order valence-corrected chi connectivity index (χ0v) is 14.7. The number of non-ortho nitro benzene ring substituents is 1. The van der Waals surface area contributed by atoms with Gasteiger partial charge in [-0.3, -0.25) is 25.0 Å². The fraction of sp³-hybridized carbons (Fsp3) is 0.118. The molecule has 140 valence electrons. The lowest BCUT2D eigenvalue weighted by atomic mass is 10.2. The lowest BCUT2D eigenvalue weighted by molar-refractivity contribution is -0.384. The van der Waals surface area contributed by atoms with E-state index in [4.69, 9.17) is 21.1 Å². The van der Waals surface area contributed by atoms with Crippen LogP contribution in [0.5, 0.6) is 5.75 Å². The number of imide groups is 1. The molecular weight excluding hydrogens is 380 g/mol. The molecule has 2 rings (SSSR count). The Hall–Kier alpha value is -3.46. The van der Waals surface area contributed by atoms with Gasteiger partial charge in [-0.25, -0.2) is 4.79 Å². The van der Waals surface area contributed by atoms with E-state index in [0.717, 1.165) is 12.1 Å². The predicted molar refractivity (Wildman–Crippen MR) is 93.9 cm³/mol. The molecule has 0 bridgehead atoms. The number of hydrogen-bond acceptors (Lipinski definition) is 7. The molecule has 27 heavy (non-hydrogen) atoms. The van der Waals surface area contributed by atoms with Gasteiger partial charge >= 0.3 is 5.97 Å². The highest BCUT2D eigenvalue weighted by atomic mass is 35.5. The summed E-state index contributed by atoms with van der Waals surface area (Å²) < 4.78 is 9.71. The third-order valence-electron chi connectivity index (χ3n) is 3.32. The summed E-state index contributed by atoms with van der Waals surface area (Å²) in [6, 6.07) is 9.23. The van der Waals surface area contributed by atoms with Crippen LogP contribution < -0.4 is 10.1 Å². The maximum Gasteiger partial charge on any atom is 0.340 e. The van der Waals surface area contributed by atoms with E-state index < -0.39 is 29.3 Å². The van der Waals surface area contributed by atoms with Crippen LogP contribution in [0.1, 0.15) is 20.7 Å². The van der Waals surface area contributed by atoms with Crippen molar-refractivity contribution in [1.82, 2.24) is 5.32 Å². The Bertz CT molecular complexity index is 897. The van der Waals surface area contributed by atoms with Gasteiger partial charge in [0.05, 0.1) is 22.6 Å². The summed E-state index contributed by atoms with van der Waals surface area (Å²) in [6.45, 7) is -0.764. The van der Waals surface area contributed by atoms with Crippen LogP contribution in [0.25, 0.3) is 0 Å². The van der Waals surface area contributed by atoms with Crippen molar-refractivity contribution in [1.29, 1.82) is 0 Å². The fourth-order valence-electron chi connectivity index (χ4n) is 1.97. The number of halogens is 1. The van der Waals surface area contributed by atoms with E-state index in [0.29, 0.717) is 5.75 Å². The summed E-state index contributed by atoms with van der Waals surface area (Å²) in [6.07, 6.45) is 0. The van der Waals surface area contributed by atoms with E-state index >= 15 is 0 Å². The minimum Gasteiger partial charge on any atom is -0.497 e. The number of benzene rings is 2. The maximum absolute atomic E-state index is 12.0. The summed E-state index contributed by atoms with van der Waals surface area (Å²) in [7, 11) is 1.47. The normalized spacial score (nSPS) is 10.0. The average Bonchev–Trinajstić information content (AvgIpc) is 2.66. The van der Waals surface area contributed by atoms with Gasteiger partial charge in [0.15, 0.2) is 6.61 Å². The van der Waals surface area contributed by atoms with Gasteiger partial charge in [0, 0.05) is 17.7 Å². The molecule has 0 saturated heterocycles. The first-order chi connectivity index (χ1) is 12.8. The molecular formula is C17H13ClN2O7. The number of nitrogens with one attached hydrogen (secondary N) is 1. The highest BCUT2D eigenvalue weighted by Crippen LogP contribution is 2.22. The fourth-order valence-corrected chi connectivity index (χ4v) is 2.16. The summed E-state index contributed by atoms with van der Waals surface area (Å²) in [4.78, 5) is 45.7. The number of nitro groups is 1. The summed E-state index contributed by atoms with van der Waals surface area (Å²) in [5.74, 6) is -2.05. The molecule has 2 aromatic rings. The van der Waals surface area contributed by atoms with Crippen molar-refractivity contribution >= 4 is 35.1 Å². The van der Waals surface area contributed by atoms with Crippen molar-refractivity contribution in [2.75, 3.05) is 13.7 Å². The SMILES string of the molecule is COc1ccc(C(=O)NC(=O)COC(=O)c2cc([N+](=O)[O-])ccc2Cl)cc1. The van der Waals surface area contributed by atoms with E-state index in [1.807, 2.05) is 5.32 Å². The lowest BCUT2D eigenvalue weighted by Gasteiger charge is -2.07. The van der Waals surface area contributed by atoms with E-state index in [1.165, 1.54) is 25.3 Å². The Morgan fingerprint density at radius 3 is 2.41 bits per heavy atom. The van der Waals surface area contributed by atoms with Crippen molar-refractivity contribution in [2.45, 2.75) is 0 Å². The summed E-state index contributed by atoms with van der Waals surface area (Å²) >= 11 is 5.81. The monoisotopic (exact) mass is 392 g/mol. The molecule has 10 heteroatoms. The molecule has 0 heterocycles. The zero-order chi connectivity index (χ0) is 20.0. The third-order valence-corrected chi connectivity index (χ3v) is 3.65. The number of amides is 2. The molecule has 0 radical (unpaired) electrons. The molecule has 1 N–H and O–H groups in total. The molecule has 2 amide bonds. The Kier molecular flexibility index (Phi) is 6.45. The van der Waals surface area contributed by atoms with E-state index in [-0.39, 0.29) is 21.8 Å². The number of nitro benzene ring substituents is 1. The number of hydrogen-bond donors (Lipinski definition) is 1. The number of carbonyl (C=O) groups is 3. The van der Waals surface area contributed by atoms with Gasteiger partial charge in [0.25, 0.3) is 17.5 Å². The first-order valence-corrected chi connectivity index (χ1v) is 7.79. The number of carbonyl (C=O) groups excluding carboxylic acids is 3. The summed E-state index contributed by atoms with van der Waals surface area (Å²) in [5.41, 5.74) is -0.414. The minimum atomic E-state index is -1.03.